The van der Waals surface area contributed by atoms with Crippen molar-refractivity contribution in [3.63, 3.8) is 0 Å². The number of aryl methyl sites for hydroxylation is 1. The van der Waals surface area contributed by atoms with Gasteiger partial charge in [0.05, 0.1) is 11.4 Å². The van der Waals surface area contributed by atoms with Crippen molar-refractivity contribution in [2.24, 2.45) is 5.92 Å². The standard InChI is InChI=1S/C16H20F3N3O2S/c1-10(8-22-14(16(17,18)19)6-11(2)21-22)7-20-15(23)13-5-4-12(24-13)9-25-3/h4-6,10H,7-9H2,1-3H3,(H,20,23)/t10-/m1/s1. The molecule has 0 unspecified atom stereocenters. The Morgan fingerprint density at radius 3 is 2.80 bits per heavy atom. The third-order valence-electron chi connectivity index (χ3n) is 3.46. The van der Waals surface area contributed by atoms with Crippen LogP contribution in [0.15, 0.2) is 22.6 Å². The summed E-state index contributed by atoms with van der Waals surface area (Å²) in [5.41, 5.74) is -0.476. The molecule has 1 atom stereocenters. The molecule has 0 bridgehead atoms. The molecule has 1 amide bonds. The third kappa shape index (κ3) is 5.29. The number of nitrogens with zero attached hydrogens (tertiary/aromatic N) is 2. The number of carbonyl (C=O) groups is 1. The summed E-state index contributed by atoms with van der Waals surface area (Å²) in [4.78, 5) is 12.0. The van der Waals surface area contributed by atoms with Gasteiger partial charge in [-0.3, -0.25) is 9.48 Å². The SMILES string of the molecule is CSCc1ccc(C(=O)NC[C@@H](C)Cn2nc(C)cc2C(F)(F)F)o1. The maximum absolute atomic E-state index is 13.0. The second kappa shape index (κ2) is 7.99. The number of amides is 1. The molecule has 0 aliphatic heterocycles. The maximum atomic E-state index is 13.0. The molecule has 1 N–H and O–H groups in total. The first-order chi connectivity index (χ1) is 11.7. The van der Waals surface area contributed by atoms with Gasteiger partial charge in [-0.15, -0.1) is 0 Å². The molecule has 25 heavy (non-hydrogen) atoms. The van der Waals surface area contributed by atoms with Crippen molar-refractivity contribution in [1.29, 1.82) is 0 Å². The van der Waals surface area contributed by atoms with Crippen LogP contribution in [0.4, 0.5) is 13.2 Å². The Labute approximate surface area is 148 Å². The highest BCUT2D eigenvalue weighted by molar-refractivity contribution is 7.97. The molecule has 5 nitrogen and oxygen atoms in total. The molecule has 0 spiro atoms. The summed E-state index contributed by atoms with van der Waals surface area (Å²) < 4.78 is 45.2. The second-order valence-electron chi connectivity index (χ2n) is 5.86. The van der Waals surface area contributed by atoms with Gasteiger partial charge in [-0.25, -0.2) is 0 Å². The Hall–Kier alpha value is -1.90. The summed E-state index contributed by atoms with van der Waals surface area (Å²) in [5.74, 6) is 0.953. The number of carbonyl (C=O) groups excluding carboxylic acids is 1. The van der Waals surface area contributed by atoms with Gasteiger partial charge in [-0.2, -0.15) is 30.0 Å². The topological polar surface area (TPSA) is 60.1 Å². The Morgan fingerprint density at radius 2 is 2.16 bits per heavy atom. The largest absolute Gasteiger partial charge is 0.455 e. The molecule has 138 valence electrons. The molecule has 2 aromatic heterocycles. The summed E-state index contributed by atoms with van der Waals surface area (Å²) >= 11 is 1.58. The van der Waals surface area contributed by atoms with Gasteiger partial charge in [0.25, 0.3) is 5.91 Å². The molecule has 0 aromatic carbocycles. The number of thioether (sulfide) groups is 1. The number of furan rings is 1. The van der Waals surface area contributed by atoms with E-state index in [-0.39, 0.29) is 30.7 Å². The van der Waals surface area contributed by atoms with Crippen molar-refractivity contribution in [3.05, 3.63) is 41.1 Å². The van der Waals surface area contributed by atoms with E-state index in [1.165, 1.54) is 6.92 Å². The van der Waals surface area contributed by atoms with Crippen LogP contribution < -0.4 is 5.32 Å². The van der Waals surface area contributed by atoms with Crippen molar-refractivity contribution in [2.45, 2.75) is 32.3 Å². The highest BCUT2D eigenvalue weighted by atomic mass is 32.2. The lowest BCUT2D eigenvalue weighted by Gasteiger charge is -2.15. The molecule has 0 fully saturated rings. The van der Waals surface area contributed by atoms with Crippen LogP contribution in [-0.2, 0) is 18.5 Å². The predicted octanol–water partition coefficient (Wildman–Crippen LogP) is 3.73. The maximum Gasteiger partial charge on any atom is 0.433 e. The van der Waals surface area contributed by atoms with Crippen molar-refractivity contribution in [3.8, 4) is 0 Å². The molecule has 0 aliphatic carbocycles. The van der Waals surface area contributed by atoms with Gasteiger partial charge in [-0.05, 0) is 37.3 Å². The van der Waals surface area contributed by atoms with Crippen LogP contribution in [0.5, 0.6) is 0 Å². The number of hydrogen-bond acceptors (Lipinski definition) is 4. The average Bonchev–Trinajstić information content (AvgIpc) is 3.11. The summed E-state index contributed by atoms with van der Waals surface area (Å²) in [6.07, 6.45) is -2.53. The molecule has 9 heteroatoms. The van der Waals surface area contributed by atoms with E-state index in [2.05, 4.69) is 10.4 Å². The van der Waals surface area contributed by atoms with Gasteiger partial charge in [-0.1, -0.05) is 6.92 Å². The highest BCUT2D eigenvalue weighted by Crippen LogP contribution is 2.30. The third-order valence-corrected chi connectivity index (χ3v) is 4.03. The molecule has 0 radical (unpaired) electrons. The van der Waals surface area contributed by atoms with E-state index in [1.54, 1.807) is 30.8 Å². The van der Waals surface area contributed by atoms with Gasteiger partial charge in [0.1, 0.15) is 11.5 Å². The first-order valence-corrected chi connectivity index (χ1v) is 9.07. The minimum absolute atomic E-state index is 0.0544. The van der Waals surface area contributed by atoms with E-state index in [4.69, 9.17) is 4.42 Å². The summed E-state index contributed by atoms with van der Waals surface area (Å²) in [7, 11) is 0. The molecule has 2 heterocycles. The number of aromatic nitrogens is 2. The Balaban J connectivity index is 1.92. The lowest BCUT2D eigenvalue weighted by molar-refractivity contribution is -0.144. The zero-order valence-electron chi connectivity index (χ0n) is 14.2. The van der Waals surface area contributed by atoms with Gasteiger partial charge < -0.3 is 9.73 Å². The number of halogens is 3. The molecule has 0 saturated carbocycles. The van der Waals surface area contributed by atoms with E-state index >= 15 is 0 Å². The van der Waals surface area contributed by atoms with Crippen LogP contribution in [0.25, 0.3) is 0 Å². The van der Waals surface area contributed by atoms with Gasteiger partial charge in [0.15, 0.2) is 5.76 Å². The van der Waals surface area contributed by atoms with Crippen LogP contribution in [0.3, 0.4) is 0 Å². The summed E-state index contributed by atoms with van der Waals surface area (Å²) in [6, 6.07) is 4.34. The van der Waals surface area contributed by atoms with Gasteiger partial charge >= 0.3 is 6.18 Å². The monoisotopic (exact) mass is 375 g/mol. The Bertz CT molecular complexity index is 725. The van der Waals surface area contributed by atoms with E-state index in [1.807, 2.05) is 6.26 Å². The fraction of sp³-hybridized carbons (Fsp3) is 0.500. The highest BCUT2D eigenvalue weighted by Gasteiger charge is 2.35. The average molecular weight is 375 g/mol. The molecule has 2 rings (SSSR count). The van der Waals surface area contributed by atoms with Crippen molar-refractivity contribution < 1.29 is 22.4 Å². The zero-order valence-corrected chi connectivity index (χ0v) is 15.0. The number of alkyl halides is 3. The van der Waals surface area contributed by atoms with E-state index in [0.29, 0.717) is 17.2 Å². The van der Waals surface area contributed by atoms with Crippen LogP contribution >= 0.6 is 11.8 Å². The fourth-order valence-electron chi connectivity index (χ4n) is 2.35. The minimum Gasteiger partial charge on any atom is -0.455 e. The van der Waals surface area contributed by atoms with Crippen LogP contribution in [0, 0.1) is 12.8 Å². The first-order valence-electron chi connectivity index (χ1n) is 7.68. The molecular formula is C16H20F3N3O2S. The van der Waals surface area contributed by atoms with Crippen molar-refractivity contribution >= 4 is 17.7 Å². The molecule has 0 aliphatic rings. The molecule has 0 saturated heterocycles. The van der Waals surface area contributed by atoms with Crippen LogP contribution in [0.1, 0.15) is 34.6 Å². The molecular weight excluding hydrogens is 355 g/mol. The number of hydrogen-bond donors (Lipinski definition) is 1. The lowest BCUT2D eigenvalue weighted by Crippen LogP contribution is -2.30. The van der Waals surface area contributed by atoms with Gasteiger partial charge in [0, 0.05) is 13.1 Å². The van der Waals surface area contributed by atoms with Crippen LogP contribution in [0.2, 0.25) is 0 Å². The molecule has 2 aromatic rings. The van der Waals surface area contributed by atoms with E-state index in [0.717, 1.165) is 10.7 Å². The van der Waals surface area contributed by atoms with Crippen molar-refractivity contribution in [1.82, 2.24) is 15.1 Å². The first kappa shape index (κ1) is 19.4. The smallest absolute Gasteiger partial charge is 0.433 e. The van der Waals surface area contributed by atoms with E-state index < -0.39 is 11.9 Å². The normalized spacial score (nSPS) is 13.0. The lowest BCUT2D eigenvalue weighted by atomic mass is 10.2. The Morgan fingerprint density at radius 1 is 1.44 bits per heavy atom. The minimum atomic E-state index is -4.45. The van der Waals surface area contributed by atoms with Crippen molar-refractivity contribution in [2.75, 3.05) is 12.8 Å². The quantitative estimate of drug-likeness (QED) is 0.801. The Kier molecular flexibility index (Phi) is 6.21. The summed E-state index contributed by atoms with van der Waals surface area (Å²) in [5, 5.41) is 6.57. The number of nitrogens with one attached hydrogen (secondary N) is 1. The number of rotatable bonds is 7. The second-order valence-corrected chi connectivity index (χ2v) is 6.73. The fourth-order valence-corrected chi connectivity index (χ4v) is 2.79. The zero-order chi connectivity index (χ0) is 18.6. The summed E-state index contributed by atoms with van der Waals surface area (Å²) in [6.45, 7) is 3.53. The predicted molar refractivity (Wildman–Crippen MR) is 89.4 cm³/mol. The van der Waals surface area contributed by atoms with E-state index in [9.17, 15) is 18.0 Å². The van der Waals surface area contributed by atoms with Crippen LogP contribution in [-0.4, -0.2) is 28.5 Å². The van der Waals surface area contributed by atoms with Gasteiger partial charge in [0.2, 0.25) is 0 Å².